The fourth-order valence-electron chi connectivity index (χ4n) is 1.17. The van der Waals surface area contributed by atoms with Crippen LogP contribution in [0, 0.1) is 10.1 Å². The molecule has 3 N–H and O–H groups in total. The Morgan fingerprint density at radius 1 is 1.54 bits per heavy atom. The molecule has 13 heavy (non-hydrogen) atoms. The zero-order chi connectivity index (χ0) is 9.42. The van der Waals surface area contributed by atoms with Crippen molar-refractivity contribution >= 4 is 22.3 Å². The largest absolute Gasteiger partial charge is 0.398 e. The third kappa shape index (κ3) is 1.08. The number of nitro groups is 1. The Kier molecular flexibility index (Phi) is 1.42. The van der Waals surface area contributed by atoms with Gasteiger partial charge in [-0.2, -0.15) is 5.10 Å². The maximum Gasteiger partial charge on any atom is 0.273 e. The van der Waals surface area contributed by atoms with Gasteiger partial charge >= 0.3 is 0 Å². The summed E-state index contributed by atoms with van der Waals surface area (Å²) >= 11 is 0. The number of aromatic amines is 1. The van der Waals surface area contributed by atoms with Gasteiger partial charge in [0, 0.05) is 23.2 Å². The number of rotatable bonds is 1. The molecule has 2 rings (SSSR count). The predicted molar refractivity (Wildman–Crippen MR) is 47.2 cm³/mol. The Morgan fingerprint density at radius 3 is 3.00 bits per heavy atom. The standard InChI is InChI=1S/C7H6N4O2/c8-6-1-4(11(12)13)2-7-5(6)3-9-10-7/h1-3H,8H2,(H,9,10). The van der Waals surface area contributed by atoms with E-state index >= 15 is 0 Å². The third-order valence-electron chi connectivity index (χ3n) is 1.79. The molecule has 1 heterocycles. The highest BCUT2D eigenvalue weighted by Gasteiger charge is 2.10. The van der Waals surface area contributed by atoms with E-state index in [-0.39, 0.29) is 5.69 Å². The van der Waals surface area contributed by atoms with Crippen LogP contribution in [0.2, 0.25) is 0 Å². The average Bonchev–Trinajstić information content (AvgIpc) is 2.51. The second-order valence-electron chi connectivity index (χ2n) is 2.62. The lowest BCUT2D eigenvalue weighted by atomic mass is 10.2. The maximum absolute atomic E-state index is 10.4. The number of benzene rings is 1. The van der Waals surface area contributed by atoms with Gasteiger partial charge in [0.2, 0.25) is 0 Å². The monoisotopic (exact) mass is 178 g/mol. The van der Waals surface area contributed by atoms with Gasteiger partial charge in [-0.15, -0.1) is 0 Å². The first kappa shape index (κ1) is 7.53. The highest BCUT2D eigenvalue weighted by molar-refractivity contribution is 5.91. The number of non-ortho nitro benzene ring substituents is 1. The molecule has 0 radical (unpaired) electrons. The highest BCUT2D eigenvalue weighted by atomic mass is 16.6. The second kappa shape index (κ2) is 2.44. The number of nitrogen functional groups attached to an aromatic ring is 1. The van der Waals surface area contributed by atoms with Crippen LogP contribution >= 0.6 is 0 Å². The van der Waals surface area contributed by atoms with Gasteiger partial charge in [0.25, 0.3) is 5.69 Å². The van der Waals surface area contributed by atoms with Gasteiger partial charge in [-0.25, -0.2) is 0 Å². The van der Waals surface area contributed by atoms with Crippen molar-refractivity contribution in [3.63, 3.8) is 0 Å². The molecular formula is C7H6N4O2. The third-order valence-corrected chi connectivity index (χ3v) is 1.79. The summed E-state index contributed by atoms with van der Waals surface area (Å²) in [4.78, 5) is 9.94. The molecule has 0 unspecified atom stereocenters. The van der Waals surface area contributed by atoms with Gasteiger partial charge in [0.1, 0.15) is 0 Å². The SMILES string of the molecule is Nc1cc([N+](=O)[O-])cc2[nH]ncc12. The van der Waals surface area contributed by atoms with Crippen LogP contribution < -0.4 is 5.73 Å². The zero-order valence-electron chi connectivity index (χ0n) is 6.52. The van der Waals surface area contributed by atoms with Crippen LogP contribution in [0.1, 0.15) is 0 Å². The molecule has 0 bridgehead atoms. The number of nitrogens with zero attached hydrogens (tertiary/aromatic N) is 2. The zero-order valence-corrected chi connectivity index (χ0v) is 6.52. The van der Waals surface area contributed by atoms with Gasteiger partial charge in [-0.3, -0.25) is 15.2 Å². The summed E-state index contributed by atoms with van der Waals surface area (Å²) < 4.78 is 0. The first-order valence-corrected chi connectivity index (χ1v) is 3.55. The summed E-state index contributed by atoms with van der Waals surface area (Å²) in [7, 11) is 0. The number of nitrogens with one attached hydrogen (secondary N) is 1. The Labute approximate surface area is 72.5 Å². The van der Waals surface area contributed by atoms with Crippen LogP contribution in [0.4, 0.5) is 11.4 Å². The molecule has 0 fully saturated rings. The Hall–Kier alpha value is -2.11. The Morgan fingerprint density at radius 2 is 2.31 bits per heavy atom. The van der Waals surface area contributed by atoms with Crippen molar-refractivity contribution < 1.29 is 4.92 Å². The molecule has 66 valence electrons. The van der Waals surface area contributed by atoms with Crippen LogP contribution in [0.5, 0.6) is 0 Å². The number of H-pyrrole nitrogens is 1. The summed E-state index contributed by atoms with van der Waals surface area (Å²) in [6.45, 7) is 0. The van der Waals surface area contributed by atoms with E-state index in [1.54, 1.807) is 0 Å². The normalized spacial score (nSPS) is 10.5. The number of fused-ring (bicyclic) bond motifs is 1. The van der Waals surface area contributed by atoms with E-state index in [2.05, 4.69) is 10.2 Å². The van der Waals surface area contributed by atoms with E-state index in [0.29, 0.717) is 16.6 Å². The molecule has 2 aromatic rings. The van der Waals surface area contributed by atoms with Crippen molar-refractivity contribution in [2.75, 3.05) is 5.73 Å². The lowest BCUT2D eigenvalue weighted by Crippen LogP contribution is -1.91. The summed E-state index contributed by atoms with van der Waals surface area (Å²) in [6, 6.07) is 2.72. The van der Waals surface area contributed by atoms with Crippen LogP contribution in [-0.2, 0) is 0 Å². The van der Waals surface area contributed by atoms with E-state index in [9.17, 15) is 10.1 Å². The van der Waals surface area contributed by atoms with Crippen LogP contribution in [0.25, 0.3) is 10.9 Å². The molecule has 0 aliphatic rings. The van der Waals surface area contributed by atoms with E-state index < -0.39 is 4.92 Å². The molecule has 0 amide bonds. The van der Waals surface area contributed by atoms with Gasteiger partial charge in [-0.1, -0.05) is 0 Å². The predicted octanol–water partition coefficient (Wildman–Crippen LogP) is 1.05. The summed E-state index contributed by atoms with van der Waals surface area (Å²) in [5.41, 5.74) is 6.48. The molecule has 0 spiro atoms. The van der Waals surface area contributed by atoms with Crippen LogP contribution in [-0.4, -0.2) is 15.1 Å². The minimum absolute atomic E-state index is 0.0331. The van der Waals surface area contributed by atoms with Crippen molar-refractivity contribution in [3.05, 3.63) is 28.4 Å². The van der Waals surface area contributed by atoms with E-state index in [0.717, 1.165) is 0 Å². The molecule has 0 saturated heterocycles. The summed E-state index contributed by atoms with van der Waals surface area (Å²) in [6.07, 6.45) is 1.54. The maximum atomic E-state index is 10.4. The lowest BCUT2D eigenvalue weighted by molar-refractivity contribution is -0.384. The van der Waals surface area contributed by atoms with Crippen molar-refractivity contribution in [1.29, 1.82) is 0 Å². The Balaban J connectivity index is 2.77. The highest BCUT2D eigenvalue weighted by Crippen LogP contribution is 2.24. The summed E-state index contributed by atoms with van der Waals surface area (Å²) in [5, 5.41) is 17.5. The fraction of sp³-hybridized carbons (Fsp3) is 0. The number of hydrogen-bond acceptors (Lipinski definition) is 4. The smallest absolute Gasteiger partial charge is 0.273 e. The quantitative estimate of drug-likeness (QED) is 0.387. The minimum atomic E-state index is -0.489. The van der Waals surface area contributed by atoms with Gasteiger partial charge in [-0.05, 0) is 0 Å². The fourth-order valence-corrected chi connectivity index (χ4v) is 1.17. The molecule has 0 aliphatic carbocycles. The molecule has 6 nitrogen and oxygen atoms in total. The first-order chi connectivity index (χ1) is 6.18. The van der Waals surface area contributed by atoms with E-state index in [1.807, 2.05) is 0 Å². The molecular weight excluding hydrogens is 172 g/mol. The van der Waals surface area contributed by atoms with Gasteiger partial charge in [0.15, 0.2) is 0 Å². The first-order valence-electron chi connectivity index (χ1n) is 3.55. The number of hydrogen-bond donors (Lipinski definition) is 2. The van der Waals surface area contributed by atoms with Gasteiger partial charge in [0.05, 0.1) is 16.6 Å². The molecule has 1 aromatic carbocycles. The number of nitro benzene ring substituents is 1. The molecule has 0 saturated carbocycles. The van der Waals surface area contributed by atoms with E-state index in [1.165, 1.54) is 18.3 Å². The van der Waals surface area contributed by atoms with Gasteiger partial charge < -0.3 is 5.73 Å². The number of nitrogens with two attached hydrogens (primary N) is 1. The van der Waals surface area contributed by atoms with Crippen LogP contribution in [0.15, 0.2) is 18.3 Å². The number of anilines is 1. The lowest BCUT2D eigenvalue weighted by Gasteiger charge is -1.95. The minimum Gasteiger partial charge on any atom is -0.398 e. The van der Waals surface area contributed by atoms with E-state index in [4.69, 9.17) is 5.73 Å². The summed E-state index contributed by atoms with van der Waals surface area (Å²) in [5.74, 6) is 0. The Bertz CT molecular complexity index is 476. The molecule has 0 atom stereocenters. The second-order valence-corrected chi connectivity index (χ2v) is 2.62. The molecule has 6 heteroatoms. The van der Waals surface area contributed by atoms with Crippen molar-refractivity contribution in [3.8, 4) is 0 Å². The molecule has 1 aromatic heterocycles. The van der Waals surface area contributed by atoms with Crippen molar-refractivity contribution in [1.82, 2.24) is 10.2 Å². The average molecular weight is 178 g/mol. The van der Waals surface area contributed by atoms with Crippen molar-refractivity contribution in [2.24, 2.45) is 0 Å². The van der Waals surface area contributed by atoms with Crippen molar-refractivity contribution in [2.45, 2.75) is 0 Å². The number of aromatic nitrogens is 2. The topological polar surface area (TPSA) is 97.8 Å². The van der Waals surface area contributed by atoms with Crippen LogP contribution in [0.3, 0.4) is 0 Å². The molecule has 0 aliphatic heterocycles.